The molecule has 1 aliphatic heterocycles. The minimum Gasteiger partial charge on any atom is -0.317 e. The number of anilines is 1. The number of amides is 1. The van der Waals surface area contributed by atoms with Crippen LogP contribution in [-0.4, -0.2) is 26.0 Å². The van der Waals surface area contributed by atoms with Gasteiger partial charge in [-0.15, -0.1) is 0 Å². The predicted molar refractivity (Wildman–Crippen MR) is 79.4 cm³/mol. The topological polar surface area (TPSA) is 32.3 Å². The van der Waals surface area contributed by atoms with E-state index in [0.717, 1.165) is 38.0 Å². The third-order valence-corrected chi connectivity index (χ3v) is 4.26. The highest BCUT2D eigenvalue weighted by Crippen LogP contribution is 2.31. The van der Waals surface area contributed by atoms with Crippen molar-refractivity contribution in [2.45, 2.75) is 33.1 Å². The number of nitrogens with zero attached hydrogens (tertiary/aromatic N) is 1. The van der Waals surface area contributed by atoms with Gasteiger partial charge in [0.05, 0.1) is 0 Å². The summed E-state index contributed by atoms with van der Waals surface area (Å²) >= 11 is 0. The molecular weight excluding hydrogens is 236 g/mol. The monoisotopic (exact) mass is 260 g/mol. The van der Waals surface area contributed by atoms with Crippen LogP contribution in [0.4, 0.5) is 5.69 Å². The molecule has 0 atom stereocenters. The second-order valence-electron chi connectivity index (χ2n) is 5.69. The average Bonchev–Trinajstić information content (AvgIpc) is 2.46. The van der Waals surface area contributed by atoms with E-state index in [1.807, 2.05) is 24.1 Å². The second-order valence-corrected chi connectivity index (χ2v) is 5.69. The quantitative estimate of drug-likeness (QED) is 0.906. The van der Waals surface area contributed by atoms with Crippen LogP contribution in [0, 0.1) is 5.41 Å². The maximum atomic E-state index is 12.7. The van der Waals surface area contributed by atoms with Gasteiger partial charge in [0, 0.05) is 18.2 Å². The standard InChI is InChI=1S/C16H24N2O/c1-4-13-5-7-14(8-6-13)18(3)15(19)16(2)9-11-17-12-10-16/h5-8,17H,4,9-12H2,1-3H3. The first kappa shape index (κ1) is 14.1. The summed E-state index contributed by atoms with van der Waals surface area (Å²) in [5, 5.41) is 3.32. The zero-order chi connectivity index (χ0) is 13.9. The van der Waals surface area contributed by atoms with Crippen molar-refractivity contribution in [3.8, 4) is 0 Å². The molecule has 0 spiro atoms. The van der Waals surface area contributed by atoms with Crippen LogP contribution in [0.25, 0.3) is 0 Å². The molecular formula is C16H24N2O. The Labute approximate surface area is 116 Å². The summed E-state index contributed by atoms with van der Waals surface area (Å²) in [5.41, 5.74) is 2.07. The Morgan fingerprint density at radius 2 is 1.84 bits per heavy atom. The molecule has 1 aromatic carbocycles. The fourth-order valence-corrected chi connectivity index (χ4v) is 2.67. The van der Waals surface area contributed by atoms with Crippen LogP contribution < -0.4 is 10.2 Å². The lowest BCUT2D eigenvalue weighted by Crippen LogP contribution is -2.46. The molecule has 1 aliphatic rings. The number of rotatable bonds is 3. The summed E-state index contributed by atoms with van der Waals surface area (Å²) in [4.78, 5) is 14.5. The Bertz CT molecular complexity index is 433. The van der Waals surface area contributed by atoms with Crippen LogP contribution in [-0.2, 0) is 11.2 Å². The molecule has 0 radical (unpaired) electrons. The lowest BCUT2D eigenvalue weighted by molar-refractivity contribution is -0.128. The molecule has 104 valence electrons. The highest BCUT2D eigenvalue weighted by molar-refractivity contribution is 5.97. The minimum absolute atomic E-state index is 0.219. The molecule has 0 saturated carbocycles. The number of aryl methyl sites for hydroxylation is 1. The Balaban J connectivity index is 2.13. The molecule has 19 heavy (non-hydrogen) atoms. The zero-order valence-electron chi connectivity index (χ0n) is 12.2. The molecule has 0 aliphatic carbocycles. The highest BCUT2D eigenvalue weighted by Gasteiger charge is 2.36. The normalized spacial score (nSPS) is 18.1. The third-order valence-electron chi connectivity index (χ3n) is 4.26. The van der Waals surface area contributed by atoms with Gasteiger partial charge in [0.15, 0.2) is 0 Å². The lowest BCUT2D eigenvalue weighted by atomic mass is 9.79. The van der Waals surface area contributed by atoms with Gasteiger partial charge in [-0.05, 0) is 50.0 Å². The molecule has 0 aromatic heterocycles. The first-order chi connectivity index (χ1) is 9.07. The van der Waals surface area contributed by atoms with E-state index < -0.39 is 0 Å². The molecule has 1 fully saturated rings. The van der Waals surface area contributed by atoms with Crippen LogP contribution in [0.5, 0.6) is 0 Å². The van der Waals surface area contributed by atoms with Gasteiger partial charge in [0.25, 0.3) is 0 Å². The van der Waals surface area contributed by atoms with E-state index in [4.69, 9.17) is 0 Å². The smallest absolute Gasteiger partial charge is 0.232 e. The Hall–Kier alpha value is -1.35. The fraction of sp³-hybridized carbons (Fsp3) is 0.562. The van der Waals surface area contributed by atoms with E-state index in [1.165, 1.54) is 5.56 Å². The largest absolute Gasteiger partial charge is 0.317 e. The number of carbonyl (C=O) groups excluding carboxylic acids is 1. The first-order valence-electron chi connectivity index (χ1n) is 7.14. The zero-order valence-corrected chi connectivity index (χ0v) is 12.2. The summed E-state index contributed by atoms with van der Waals surface area (Å²) in [5.74, 6) is 0.234. The van der Waals surface area contributed by atoms with Crippen LogP contribution in [0.1, 0.15) is 32.3 Å². The molecule has 1 heterocycles. The third kappa shape index (κ3) is 2.98. The van der Waals surface area contributed by atoms with E-state index in [1.54, 1.807) is 0 Å². The number of hydrogen-bond donors (Lipinski definition) is 1. The molecule has 3 heteroatoms. The van der Waals surface area contributed by atoms with E-state index in [0.29, 0.717) is 0 Å². The highest BCUT2D eigenvalue weighted by atomic mass is 16.2. The maximum absolute atomic E-state index is 12.7. The fourth-order valence-electron chi connectivity index (χ4n) is 2.67. The van der Waals surface area contributed by atoms with E-state index in [9.17, 15) is 4.79 Å². The van der Waals surface area contributed by atoms with Gasteiger partial charge in [-0.2, -0.15) is 0 Å². The Morgan fingerprint density at radius 1 is 1.26 bits per heavy atom. The predicted octanol–water partition coefficient (Wildman–Crippen LogP) is 2.60. The van der Waals surface area contributed by atoms with Gasteiger partial charge >= 0.3 is 0 Å². The molecule has 1 N–H and O–H groups in total. The first-order valence-corrected chi connectivity index (χ1v) is 7.14. The van der Waals surface area contributed by atoms with Gasteiger partial charge in [-0.25, -0.2) is 0 Å². The van der Waals surface area contributed by atoms with E-state index in [-0.39, 0.29) is 11.3 Å². The summed E-state index contributed by atoms with van der Waals surface area (Å²) in [6.45, 7) is 6.10. The Morgan fingerprint density at radius 3 is 2.37 bits per heavy atom. The minimum atomic E-state index is -0.219. The molecule has 2 rings (SSSR count). The summed E-state index contributed by atoms with van der Waals surface area (Å²) in [7, 11) is 1.89. The lowest BCUT2D eigenvalue weighted by Gasteiger charge is -2.36. The van der Waals surface area contributed by atoms with Gasteiger partial charge < -0.3 is 10.2 Å². The molecule has 3 nitrogen and oxygen atoms in total. The SMILES string of the molecule is CCc1ccc(N(C)C(=O)C2(C)CCNCC2)cc1. The van der Waals surface area contributed by atoms with Crippen molar-refractivity contribution in [2.24, 2.45) is 5.41 Å². The average molecular weight is 260 g/mol. The summed E-state index contributed by atoms with van der Waals surface area (Å²) < 4.78 is 0. The molecule has 1 aromatic rings. The molecule has 0 bridgehead atoms. The number of piperidine rings is 1. The van der Waals surface area contributed by atoms with Crippen molar-refractivity contribution in [3.63, 3.8) is 0 Å². The number of carbonyl (C=O) groups is 1. The van der Waals surface area contributed by atoms with E-state index >= 15 is 0 Å². The number of nitrogens with one attached hydrogen (secondary N) is 1. The van der Waals surface area contributed by atoms with Crippen molar-refractivity contribution in [1.29, 1.82) is 0 Å². The van der Waals surface area contributed by atoms with Gasteiger partial charge in [-0.3, -0.25) is 4.79 Å². The van der Waals surface area contributed by atoms with Crippen molar-refractivity contribution in [3.05, 3.63) is 29.8 Å². The van der Waals surface area contributed by atoms with Crippen molar-refractivity contribution in [2.75, 3.05) is 25.0 Å². The number of benzene rings is 1. The van der Waals surface area contributed by atoms with Crippen molar-refractivity contribution >= 4 is 11.6 Å². The van der Waals surface area contributed by atoms with Crippen molar-refractivity contribution < 1.29 is 4.79 Å². The summed E-state index contributed by atoms with van der Waals surface area (Å²) in [6.07, 6.45) is 2.87. The summed E-state index contributed by atoms with van der Waals surface area (Å²) in [6, 6.07) is 8.29. The van der Waals surface area contributed by atoms with Crippen LogP contribution in [0.15, 0.2) is 24.3 Å². The van der Waals surface area contributed by atoms with Gasteiger partial charge in [-0.1, -0.05) is 26.0 Å². The van der Waals surface area contributed by atoms with Crippen molar-refractivity contribution in [1.82, 2.24) is 5.32 Å². The van der Waals surface area contributed by atoms with Gasteiger partial charge in [0.2, 0.25) is 5.91 Å². The van der Waals surface area contributed by atoms with Crippen LogP contribution >= 0.6 is 0 Å². The van der Waals surface area contributed by atoms with E-state index in [2.05, 4.69) is 31.3 Å². The Kier molecular flexibility index (Phi) is 4.25. The number of hydrogen-bond acceptors (Lipinski definition) is 2. The molecule has 0 unspecified atom stereocenters. The molecule has 1 amide bonds. The van der Waals surface area contributed by atoms with Crippen LogP contribution in [0.3, 0.4) is 0 Å². The van der Waals surface area contributed by atoms with Gasteiger partial charge in [0.1, 0.15) is 0 Å². The van der Waals surface area contributed by atoms with Crippen LogP contribution in [0.2, 0.25) is 0 Å². The molecule has 1 saturated heterocycles. The second kappa shape index (κ2) is 5.74. The maximum Gasteiger partial charge on any atom is 0.232 e.